The first-order chi connectivity index (χ1) is 8.91. The van der Waals surface area contributed by atoms with Gasteiger partial charge in [0.1, 0.15) is 0 Å². The van der Waals surface area contributed by atoms with E-state index in [-0.39, 0.29) is 17.6 Å². The van der Waals surface area contributed by atoms with Crippen molar-refractivity contribution in [2.75, 3.05) is 6.54 Å². The maximum absolute atomic E-state index is 11.9. The normalized spacial score (nSPS) is 27.8. The lowest BCUT2D eigenvalue weighted by Gasteiger charge is -2.44. The summed E-state index contributed by atoms with van der Waals surface area (Å²) in [5.74, 6) is 0. The fraction of sp³-hybridized carbons (Fsp3) is 1.00. The molecule has 1 atom stereocenters. The van der Waals surface area contributed by atoms with Gasteiger partial charge < -0.3 is 5.32 Å². The minimum atomic E-state index is -3.36. The van der Waals surface area contributed by atoms with Crippen LogP contribution in [0.1, 0.15) is 58.8 Å². The molecule has 1 unspecified atom stereocenters. The first-order valence-electron chi connectivity index (χ1n) is 7.45. The standard InChI is InChI=1S/C13H27N3O2S/c1-11(2)15-19(17,18)16-12-6-9-14-13(10-12)7-4-3-5-8-13/h11-12,14-16H,3-10H2,1-2H3. The summed E-state index contributed by atoms with van der Waals surface area (Å²) in [6.45, 7) is 4.59. The number of rotatable bonds is 4. The summed E-state index contributed by atoms with van der Waals surface area (Å²) < 4.78 is 29.3. The van der Waals surface area contributed by atoms with Crippen molar-refractivity contribution in [3.8, 4) is 0 Å². The Hall–Kier alpha value is -0.170. The minimum Gasteiger partial charge on any atom is -0.311 e. The summed E-state index contributed by atoms with van der Waals surface area (Å²) in [5, 5.41) is 3.64. The lowest BCUT2D eigenvalue weighted by atomic mass is 9.75. The first kappa shape index (κ1) is 15.2. The highest BCUT2D eigenvalue weighted by Crippen LogP contribution is 2.34. The van der Waals surface area contributed by atoms with Crippen LogP contribution in [-0.4, -0.2) is 32.6 Å². The van der Waals surface area contributed by atoms with Crippen molar-refractivity contribution in [1.82, 2.24) is 14.8 Å². The third-order valence-corrected chi connectivity index (χ3v) is 5.58. The van der Waals surface area contributed by atoms with Gasteiger partial charge in [0.25, 0.3) is 10.2 Å². The molecule has 1 heterocycles. The zero-order valence-corrected chi connectivity index (χ0v) is 12.9. The van der Waals surface area contributed by atoms with E-state index in [4.69, 9.17) is 0 Å². The lowest BCUT2D eigenvalue weighted by molar-refractivity contribution is 0.165. The van der Waals surface area contributed by atoms with E-state index in [1.807, 2.05) is 13.8 Å². The number of hydrogen-bond acceptors (Lipinski definition) is 3. The van der Waals surface area contributed by atoms with Crippen LogP contribution in [0, 0.1) is 0 Å². The smallest absolute Gasteiger partial charge is 0.277 e. The van der Waals surface area contributed by atoms with Gasteiger partial charge in [0.2, 0.25) is 0 Å². The topological polar surface area (TPSA) is 70.2 Å². The molecule has 1 saturated carbocycles. The summed E-state index contributed by atoms with van der Waals surface area (Å²) >= 11 is 0. The van der Waals surface area contributed by atoms with E-state index in [1.165, 1.54) is 32.1 Å². The van der Waals surface area contributed by atoms with Crippen LogP contribution in [0.3, 0.4) is 0 Å². The molecule has 1 aliphatic carbocycles. The molecule has 0 aromatic rings. The molecular weight excluding hydrogens is 262 g/mol. The molecule has 2 fully saturated rings. The molecule has 112 valence electrons. The fourth-order valence-electron chi connectivity index (χ4n) is 3.43. The molecule has 1 aliphatic heterocycles. The molecule has 1 saturated heterocycles. The maximum atomic E-state index is 11.9. The van der Waals surface area contributed by atoms with E-state index in [1.54, 1.807) is 0 Å². The van der Waals surface area contributed by atoms with Gasteiger partial charge in [0.15, 0.2) is 0 Å². The van der Waals surface area contributed by atoms with Crippen molar-refractivity contribution in [3.63, 3.8) is 0 Å². The average Bonchev–Trinajstić information content (AvgIpc) is 2.27. The van der Waals surface area contributed by atoms with E-state index in [9.17, 15) is 8.42 Å². The van der Waals surface area contributed by atoms with E-state index in [2.05, 4.69) is 14.8 Å². The van der Waals surface area contributed by atoms with Crippen LogP contribution < -0.4 is 14.8 Å². The number of piperidine rings is 1. The highest BCUT2D eigenvalue weighted by molar-refractivity contribution is 7.87. The third-order valence-electron chi connectivity index (χ3n) is 4.15. The lowest BCUT2D eigenvalue weighted by Crippen LogP contribution is -2.58. The van der Waals surface area contributed by atoms with Crippen molar-refractivity contribution in [1.29, 1.82) is 0 Å². The number of nitrogens with one attached hydrogen (secondary N) is 3. The van der Waals surface area contributed by atoms with Gasteiger partial charge in [0, 0.05) is 17.6 Å². The fourth-order valence-corrected chi connectivity index (χ4v) is 4.76. The molecule has 2 aliphatic rings. The predicted octanol–water partition coefficient (Wildman–Crippen LogP) is 1.27. The average molecular weight is 289 g/mol. The van der Waals surface area contributed by atoms with E-state index < -0.39 is 10.2 Å². The molecule has 5 nitrogen and oxygen atoms in total. The van der Waals surface area contributed by atoms with Crippen LogP contribution in [0.2, 0.25) is 0 Å². The van der Waals surface area contributed by atoms with Gasteiger partial charge in [-0.05, 0) is 46.1 Å². The SMILES string of the molecule is CC(C)NS(=O)(=O)NC1CCNC2(CCCCC2)C1. The summed E-state index contributed by atoms with van der Waals surface area (Å²) in [6, 6.07) is -0.00143. The number of hydrogen-bond donors (Lipinski definition) is 3. The predicted molar refractivity (Wildman–Crippen MR) is 77.2 cm³/mol. The van der Waals surface area contributed by atoms with Gasteiger partial charge in [-0.3, -0.25) is 0 Å². The van der Waals surface area contributed by atoms with Crippen LogP contribution >= 0.6 is 0 Å². The monoisotopic (exact) mass is 289 g/mol. The first-order valence-corrected chi connectivity index (χ1v) is 8.94. The van der Waals surface area contributed by atoms with Crippen molar-refractivity contribution in [2.45, 2.75) is 76.4 Å². The summed E-state index contributed by atoms with van der Waals surface area (Å²) in [7, 11) is -3.36. The third kappa shape index (κ3) is 4.41. The van der Waals surface area contributed by atoms with Gasteiger partial charge in [-0.15, -0.1) is 0 Å². The molecular formula is C13H27N3O2S. The van der Waals surface area contributed by atoms with Crippen molar-refractivity contribution < 1.29 is 8.42 Å². The Balaban J connectivity index is 1.94. The summed E-state index contributed by atoms with van der Waals surface area (Å²) in [4.78, 5) is 0. The summed E-state index contributed by atoms with van der Waals surface area (Å²) in [6.07, 6.45) is 8.00. The van der Waals surface area contributed by atoms with Crippen LogP contribution in [0.5, 0.6) is 0 Å². The molecule has 19 heavy (non-hydrogen) atoms. The molecule has 0 aromatic heterocycles. The van der Waals surface area contributed by atoms with Crippen molar-refractivity contribution in [2.24, 2.45) is 0 Å². The Morgan fingerprint density at radius 2 is 1.89 bits per heavy atom. The second-order valence-electron chi connectivity index (χ2n) is 6.35. The summed E-state index contributed by atoms with van der Waals surface area (Å²) in [5.41, 5.74) is 0.182. The second-order valence-corrected chi connectivity index (χ2v) is 7.83. The molecule has 0 bridgehead atoms. The molecule has 3 N–H and O–H groups in total. The van der Waals surface area contributed by atoms with Gasteiger partial charge in [-0.25, -0.2) is 0 Å². The molecule has 1 spiro atoms. The van der Waals surface area contributed by atoms with Crippen LogP contribution in [-0.2, 0) is 10.2 Å². The Bertz CT molecular complexity index is 383. The molecule has 6 heteroatoms. The molecule has 0 amide bonds. The van der Waals surface area contributed by atoms with Gasteiger partial charge in [0.05, 0.1) is 0 Å². The van der Waals surface area contributed by atoms with Crippen LogP contribution in [0.15, 0.2) is 0 Å². The highest BCUT2D eigenvalue weighted by atomic mass is 32.2. The van der Waals surface area contributed by atoms with E-state index in [0.717, 1.165) is 19.4 Å². The Morgan fingerprint density at radius 1 is 1.21 bits per heavy atom. The van der Waals surface area contributed by atoms with Crippen LogP contribution in [0.25, 0.3) is 0 Å². The zero-order chi connectivity index (χ0) is 13.9. The molecule has 2 rings (SSSR count). The second kappa shape index (κ2) is 6.08. The Morgan fingerprint density at radius 3 is 2.53 bits per heavy atom. The van der Waals surface area contributed by atoms with Gasteiger partial charge >= 0.3 is 0 Å². The Kier molecular flexibility index (Phi) is 4.87. The largest absolute Gasteiger partial charge is 0.311 e. The Labute approximate surface area is 117 Å². The van der Waals surface area contributed by atoms with Gasteiger partial charge in [-0.2, -0.15) is 17.9 Å². The van der Waals surface area contributed by atoms with Crippen molar-refractivity contribution >= 4 is 10.2 Å². The van der Waals surface area contributed by atoms with Crippen molar-refractivity contribution in [3.05, 3.63) is 0 Å². The quantitative estimate of drug-likeness (QED) is 0.730. The van der Waals surface area contributed by atoms with E-state index in [0.29, 0.717) is 0 Å². The molecule has 0 radical (unpaired) electrons. The highest BCUT2D eigenvalue weighted by Gasteiger charge is 2.37. The van der Waals surface area contributed by atoms with Gasteiger partial charge in [-0.1, -0.05) is 19.3 Å². The van der Waals surface area contributed by atoms with Crippen LogP contribution in [0.4, 0.5) is 0 Å². The minimum absolute atomic E-state index is 0.0654. The van der Waals surface area contributed by atoms with E-state index >= 15 is 0 Å². The maximum Gasteiger partial charge on any atom is 0.277 e. The molecule has 0 aromatic carbocycles. The zero-order valence-electron chi connectivity index (χ0n) is 12.0.